The fourth-order valence-corrected chi connectivity index (χ4v) is 23.6. The molecule has 0 saturated heterocycles. The van der Waals surface area contributed by atoms with Gasteiger partial charge in [0.2, 0.25) is 0 Å². The molecule has 143 heavy (non-hydrogen) atoms. The monoisotopic (exact) mass is 2340 g/mol. The molecule has 24 nitrogen and oxygen atoms in total. The van der Waals surface area contributed by atoms with Gasteiger partial charge in [0.05, 0.1) is 46.9 Å². The zero-order valence-corrected chi connectivity index (χ0v) is 81.1. The van der Waals surface area contributed by atoms with Gasteiger partial charge in [-0.3, -0.25) is 9.59 Å². The summed E-state index contributed by atoms with van der Waals surface area (Å²) in [6.45, 7) is 5.14. The van der Waals surface area contributed by atoms with Gasteiger partial charge in [-0.2, -0.15) is 43.9 Å². The van der Waals surface area contributed by atoms with E-state index in [-0.39, 0.29) is 281 Å². The fourth-order valence-electron chi connectivity index (χ4n) is 14.0. The molecule has 0 bridgehead atoms. The molecule has 8 aliphatic carbocycles. The first-order valence-corrected chi connectivity index (χ1v) is 45.4. The molecule has 5 saturated carbocycles. The Hall–Kier alpha value is -9.33. The van der Waals surface area contributed by atoms with Gasteiger partial charge in [0.25, 0.3) is 30.4 Å². The van der Waals surface area contributed by atoms with E-state index in [1.54, 1.807) is 53.2 Å². The van der Waals surface area contributed by atoms with Gasteiger partial charge in [-0.05, 0) is 42.9 Å². The topological polar surface area (TPSA) is 473 Å². The number of hydrogen-bond donors (Lipinski definition) is 13. The van der Waals surface area contributed by atoms with Crippen molar-refractivity contribution in [2.24, 2.45) is 41.1 Å². The van der Waals surface area contributed by atoms with Crippen molar-refractivity contribution < 1.29 is 181 Å². The molecule has 0 spiro atoms. The summed E-state index contributed by atoms with van der Waals surface area (Å²) >= 11 is 13.8. The van der Waals surface area contributed by atoms with E-state index < -0.39 is 153 Å². The molecule has 12 rings (SSSR count). The van der Waals surface area contributed by atoms with E-state index in [9.17, 15) is 124 Å². The second-order valence-electron chi connectivity index (χ2n) is 30.0. The summed E-state index contributed by atoms with van der Waals surface area (Å²) in [7, 11) is 5.85. The van der Waals surface area contributed by atoms with Crippen molar-refractivity contribution in [2.45, 2.75) is 210 Å². The van der Waals surface area contributed by atoms with Crippen molar-refractivity contribution in [1.29, 1.82) is 0 Å². The van der Waals surface area contributed by atoms with Crippen molar-refractivity contribution in [1.82, 2.24) is 12.3 Å². The number of quaternary nitrogens is 1. The second kappa shape index (κ2) is 72.1. The van der Waals surface area contributed by atoms with Crippen molar-refractivity contribution in [3.63, 3.8) is 0 Å². The summed E-state index contributed by atoms with van der Waals surface area (Å²) in [6.07, 6.45) is -10.1. The molecule has 5 fully saturated rings. The van der Waals surface area contributed by atoms with E-state index in [4.69, 9.17) is 64.9 Å². The molecule has 13 atom stereocenters. The molecule has 812 valence electrons. The number of hydrogen-bond acceptors (Lipinski definition) is 17. The van der Waals surface area contributed by atoms with Crippen LogP contribution in [0.3, 0.4) is 0 Å². The van der Waals surface area contributed by atoms with Crippen LogP contribution in [0, 0.1) is 29.6 Å². The number of thiol groups is 1. The summed E-state index contributed by atoms with van der Waals surface area (Å²) in [6, 6.07) is 32.2. The molecule has 20 N–H and O–H groups in total. The van der Waals surface area contributed by atoms with Gasteiger partial charge in [0, 0.05) is 78.2 Å². The number of carbonyl (C=O) groups excluding carboxylic acids is 2. The van der Waals surface area contributed by atoms with E-state index in [2.05, 4.69) is 27.8 Å². The maximum atomic E-state index is 13.0. The number of nitrogens with two attached hydrogens (primary N) is 2. The third kappa shape index (κ3) is 46.5. The van der Waals surface area contributed by atoms with Crippen molar-refractivity contribution >= 4 is 148 Å². The van der Waals surface area contributed by atoms with Crippen LogP contribution in [-0.2, 0) is 52.6 Å². The largest absolute Gasteiger partial charge is 1.00 e. The van der Waals surface area contributed by atoms with Crippen molar-refractivity contribution in [2.75, 3.05) is 28.4 Å². The number of benzene rings is 4. The van der Waals surface area contributed by atoms with Crippen LogP contribution in [-0.4, -0.2) is 192 Å². The normalized spacial score (nSPS) is 22.0. The van der Waals surface area contributed by atoms with Crippen LogP contribution in [0.4, 0.5) is 70.2 Å². The number of carbonyl (C=O) groups is 9. The molecule has 0 aromatic heterocycles. The number of methoxy groups -OCH3 is 3. The van der Waals surface area contributed by atoms with Crippen LogP contribution in [0.2, 0.25) is 12.9 Å². The van der Waals surface area contributed by atoms with Gasteiger partial charge in [-0.15, -0.1) is 35.8 Å². The van der Waals surface area contributed by atoms with E-state index in [0.29, 0.717) is 24.2 Å². The average Bonchev–Trinajstić information content (AvgIpc) is 1.64. The standard InChI is InChI=1S/C15H16F2O2Se.C14H14F2O2Se.C13H13F2NO2Se.C9H12F2O2.2C7H5ClF2O2.C7H9F2NO2.C7H7F2NO2.C7H6O2S.C2H6O.8CH4.ClH.2H3N/c1-10-8-15(14(18)19-2,9-12(10)13(16)17)20-11-6-4-3-5-7-11;1-9-7-14(13(17)18,8-11(9)12(15)16)19-10-5-3-2-4-6-10;14-11(15)9-6-13(12(17)18,7-10(9)16)19-8-4-2-1-3-5-8;1-5-3-6(9(12)13-2)4-7(5)8(10)11;2*8-5-2-3(7(11)12)1-4(5)6(9)10;2*8-6(9)4-1-3(7(11)12)2-5(4)10;8-7(9)5-3-1-2-4-6(5)10;1-3-2;;;;;;;;;;;/h3-7,10H,8-9H2,1-2H3;2-6,9H,7-8H2,1H3,(H,17,18);1-5,10H,6-7,16H2,(H,17,18);5-6H,3-4H2,1-2H3;2*2,5H,1H2,(H,11,12);3,5H,1-2,10H2,(H,11,12);2,5H,1,10H2,(H,11,12);1-4,10H,(H,8,9);1-2H3;8*1H4;1H;2*1H3/t10-,15?;9-,14?;10-,13?;5-,6+;2*5-;3-,5-;5-;;;;;;;;;;;;;/m00000000............./s1. The first-order valence-electron chi connectivity index (χ1n) is 38.9. The van der Waals surface area contributed by atoms with E-state index in [1.165, 1.54) is 20.3 Å². The Kier molecular flexibility index (Phi) is 76.3. The molecule has 4 aromatic rings. The molecular formula is C96H132Cl3F16N5O19SSe3. The van der Waals surface area contributed by atoms with Gasteiger partial charge in [0.15, 0.2) is 0 Å². The van der Waals surface area contributed by atoms with Crippen molar-refractivity contribution in [3.8, 4) is 0 Å². The number of halogens is 19. The third-order valence-corrected chi connectivity index (χ3v) is 30.6. The third-order valence-electron chi connectivity index (χ3n) is 20.7. The van der Waals surface area contributed by atoms with Gasteiger partial charge < -0.3 is 71.2 Å². The average molecular weight is 2340 g/mol. The van der Waals surface area contributed by atoms with Crippen molar-refractivity contribution in [3.05, 3.63) is 249 Å². The van der Waals surface area contributed by atoms with Gasteiger partial charge in [0.1, 0.15) is 6.04 Å². The maximum Gasteiger partial charge on any atom is 0.336 e. The molecule has 0 aliphatic heterocycles. The first-order chi connectivity index (χ1) is 61.6. The summed E-state index contributed by atoms with van der Waals surface area (Å²) in [5.41, 5.74) is 13.4. The second-order valence-corrected chi connectivity index (χ2v) is 40.6. The predicted octanol–water partition coefficient (Wildman–Crippen LogP) is 19.4. The Bertz CT molecular complexity index is 4870. The Morgan fingerprint density at radius 3 is 0.958 bits per heavy atom. The molecular weight excluding hydrogens is 2210 g/mol. The minimum absolute atomic E-state index is 0. The van der Waals surface area contributed by atoms with E-state index in [1.807, 2.05) is 91.0 Å². The SMILES string of the molecule is C.C.C.C.C.C.C.C.COC.COC(=O)C1([Se]c2ccccc2)CC(=C(F)F)[C@@H](C)C1.COC(=O)[C@H]1CC(=C(F)F)[C@@H](C)C1.C[C@H]1CC([Se]c2ccccc2)(C(=O)O)CC1=C(F)F.N.N.N[C@H]1C=C(C(=O)O)CC1=C(F)F.N[C@H]1CC([Se]c2ccccc2)(C(=O)O)CC1=C(F)F.O=C(O)C1=C[C@H](Cl)C(=C(F)F)C1.O=C(O)C1=C[C@H](Cl)C(=C(F)F)C1.O=C(O)c1ccccc1S.[Cl-].[NH3+][C@H]1C[C@@H](C(=O)O)CC1=C(F)F. The minimum Gasteiger partial charge on any atom is -1.00 e. The van der Waals surface area contributed by atoms with Crippen LogP contribution in [0.15, 0.2) is 248 Å². The predicted molar refractivity (Wildman–Crippen MR) is 525 cm³/mol. The Morgan fingerprint density at radius 2 is 0.706 bits per heavy atom. The minimum atomic E-state index is -1.89. The number of alkyl halides is 2. The fraction of sp³-hybridized carbons (Fsp3) is 0.427. The Labute approximate surface area is 864 Å². The Morgan fingerprint density at radius 1 is 0.399 bits per heavy atom. The van der Waals surface area contributed by atoms with E-state index >= 15 is 0 Å². The van der Waals surface area contributed by atoms with Gasteiger partial charge in [-0.1, -0.05) is 96.7 Å². The number of allylic oxidation sites excluding steroid dienone is 7. The zero-order chi connectivity index (χ0) is 100. The van der Waals surface area contributed by atoms with Crippen LogP contribution in [0.5, 0.6) is 0 Å². The molecule has 3 unspecified atom stereocenters. The zero-order valence-electron chi connectivity index (χ0n) is 72.8. The van der Waals surface area contributed by atoms with Crippen LogP contribution < -0.4 is 55.3 Å². The van der Waals surface area contributed by atoms with Crippen LogP contribution >= 0.6 is 35.8 Å². The molecule has 47 heteroatoms. The number of carboxylic acids is 7. The summed E-state index contributed by atoms with van der Waals surface area (Å²) in [5.74, 6) is -10.2. The number of aromatic carboxylic acids is 1. The van der Waals surface area contributed by atoms with Crippen LogP contribution in [0.25, 0.3) is 0 Å². The maximum absolute atomic E-state index is 13.0. The molecule has 0 radical (unpaired) electrons. The van der Waals surface area contributed by atoms with Gasteiger partial charge >= 0.3 is 390 Å². The summed E-state index contributed by atoms with van der Waals surface area (Å²) in [5, 5.41) is 59.3. The van der Waals surface area contributed by atoms with Gasteiger partial charge in [-0.25, -0.2) is 19.2 Å². The number of rotatable bonds is 15. The number of esters is 2. The summed E-state index contributed by atoms with van der Waals surface area (Å²) in [4.78, 5) is 98.6. The summed E-state index contributed by atoms with van der Waals surface area (Å²) < 4.78 is 211. The molecule has 8 aliphatic rings. The number of ether oxygens (including phenoxy) is 3. The molecule has 0 heterocycles. The molecule has 4 aromatic carbocycles. The first kappa shape index (κ1) is 151. The number of aliphatic carboxylic acids is 6. The molecule has 0 amide bonds. The van der Waals surface area contributed by atoms with E-state index in [0.717, 1.165) is 31.6 Å². The number of carboxylic acid groups (broad SMARTS) is 7. The Balaban J connectivity index is -0.000000201. The van der Waals surface area contributed by atoms with Crippen LogP contribution in [0.1, 0.15) is 174 Å². The smallest absolute Gasteiger partial charge is 0.336 e. The quantitative estimate of drug-likeness (QED) is 0.0173.